The van der Waals surface area contributed by atoms with Crippen LogP contribution in [0.1, 0.15) is 17.5 Å². The molecule has 1 aliphatic heterocycles. The van der Waals surface area contributed by atoms with E-state index in [2.05, 4.69) is 5.32 Å². The number of methoxy groups -OCH3 is 1. The van der Waals surface area contributed by atoms with Gasteiger partial charge in [0, 0.05) is 25.5 Å². The lowest BCUT2D eigenvalue weighted by atomic mass is 9.96. The standard InChI is InChI=1S/C20H20F3NO3/c1-26-10-9-18(25)24-12-14-11-13-5-4-7-16(19(13)27-14)15-6-2-3-8-17(15)20(21,22)23/h2-8,14H,9-12H2,1H3,(H,24,25). The Morgan fingerprint density at radius 3 is 2.67 bits per heavy atom. The number of carbonyl (C=O) groups is 1. The van der Waals surface area contributed by atoms with Crippen molar-refractivity contribution in [3.63, 3.8) is 0 Å². The van der Waals surface area contributed by atoms with Gasteiger partial charge in [-0.1, -0.05) is 36.4 Å². The van der Waals surface area contributed by atoms with Crippen molar-refractivity contribution < 1.29 is 27.4 Å². The van der Waals surface area contributed by atoms with Crippen molar-refractivity contribution in [2.45, 2.75) is 25.1 Å². The number of para-hydroxylation sites is 1. The molecule has 144 valence electrons. The fraction of sp³-hybridized carbons (Fsp3) is 0.350. The number of alkyl halides is 3. The van der Waals surface area contributed by atoms with E-state index in [0.29, 0.717) is 24.3 Å². The number of hydrogen-bond acceptors (Lipinski definition) is 3. The van der Waals surface area contributed by atoms with Crippen LogP contribution in [0.25, 0.3) is 11.1 Å². The van der Waals surface area contributed by atoms with Crippen LogP contribution < -0.4 is 10.1 Å². The van der Waals surface area contributed by atoms with Crippen LogP contribution in [0, 0.1) is 0 Å². The molecule has 3 rings (SSSR count). The van der Waals surface area contributed by atoms with Gasteiger partial charge in [-0.15, -0.1) is 0 Å². The van der Waals surface area contributed by atoms with E-state index in [-0.39, 0.29) is 30.5 Å². The number of hydrogen-bond donors (Lipinski definition) is 1. The summed E-state index contributed by atoms with van der Waals surface area (Å²) in [6.45, 7) is 0.619. The summed E-state index contributed by atoms with van der Waals surface area (Å²) in [4.78, 5) is 11.7. The van der Waals surface area contributed by atoms with E-state index in [9.17, 15) is 18.0 Å². The Balaban J connectivity index is 1.79. The zero-order valence-corrected chi connectivity index (χ0v) is 14.8. The molecule has 0 saturated carbocycles. The molecule has 2 aromatic rings. The van der Waals surface area contributed by atoms with Crippen molar-refractivity contribution in [1.82, 2.24) is 5.32 Å². The third-order valence-corrected chi connectivity index (χ3v) is 4.41. The predicted octanol–water partition coefficient (Wildman–Crippen LogP) is 3.83. The average molecular weight is 379 g/mol. The summed E-state index contributed by atoms with van der Waals surface area (Å²) >= 11 is 0. The molecule has 0 radical (unpaired) electrons. The van der Waals surface area contributed by atoms with Gasteiger partial charge in [-0.05, 0) is 17.2 Å². The number of nitrogens with one attached hydrogen (secondary N) is 1. The first-order chi connectivity index (χ1) is 12.9. The Morgan fingerprint density at radius 2 is 1.93 bits per heavy atom. The smallest absolute Gasteiger partial charge is 0.417 e. The zero-order valence-electron chi connectivity index (χ0n) is 14.8. The fourth-order valence-corrected chi connectivity index (χ4v) is 3.14. The van der Waals surface area contributed by atoms with Crippen molar-refractivity contribution in [1.29, 1.82) is 0 Å². The van der Waals surface area contributed by atoms with Crippen molar-refractivity contribution >= 4 is 5.91 Å². The zero-order chi connectivity index (χ0) is 19.4. The van der Waals surface area contributed by atoms with E-state index in [1.54, 1.807) is 18.2 Å². The van der Waals surface area contributed by atoms with Gasteiger partial charge in [-0.3, -0.25) is 4.79 Å². The van der Waals surface area contributed by atoms with E-state index >= 15 is 0 Å². The van der Waals surface area contributed by atoms with Crippen LogP contribution in [-0.4, -0.2) is 32.3 Å². The van der Waals surface area contributed by atoms with Crippen LogP contribution in [0.15, 0.2) is 42.5 Å². The van der Waals surface area contributed by atoms with Crippen LogP contribution >= 0.6 is 0 Å². The van der Waals surface area contributed by atoms with Crippen LogP contribution in [0.4, 0.5) is 13.2 Å². The lowest BCUT2D eigenvalue weighted by molar-refractivity contribution is -0.137. The minimum Gasteiger partial charge on any atom is -0.487 e. The lowest BCUT2D eigenvalue weighted by Crippen LogP contribution is -2.34. The van der Waals surface area contributed by atoms with E-state index in [1.807, 2.05) is 6.07 Å². The SMILES string of the molecule is COCCC(=O)NCC1Cc2cccc(-c3ccccc3C(F)(F)F)c2O1. The number of ether oxygens (including phenoxy) is 2. The molecule has 0 fully saturated rings. The van der Waals surface area contributed by atoms with Gasteiger partial charge in [-0.25, -0.2) is 0 Å². The third kappa shape index (κ3) is 4.42. The molecular formula is C20H20F3NO3. The highest BCUT2D eigenvalue weighted by molar-refractivity contribution is 5.77. The number of carbonyl (C=O) groups excluding carboxylic acids is 1. The molecule has 4 nitrogen and oxygen atoms in total. The molecule has 0 saturated heterocycles. The monoisotopic (exact) mass is 379 g/mol. The van der Waals surface area contributed by atoms with Gasteiger partial charge in [0.2, 0.25) is 5.91 Å². The Kier molecular flexibility index (Phi) is 5.70. The van der Waals surface area contributed by atoms with E-state index in [1.165, 1.54) is 19.2 Å². The topological polar surface area (TPSA) is 47.6 Å². The average Bonchev–Trinajstić information content (AvgIpc) is 3.07. The molecule has 0 spiro atoms. The number of halogens is 3. The second-order valence-electron chi connectivity index (χ2n) is 6.33. The summed E-state index contributed by atoms with van der Waals surface area (Å²) < 4.78 is 50.9. The fourth-order valence-electron chi connectivity index (χ4n) is 3.14. The summed E-state index contributed by atoms with van der Waals surface area (Å²) in [5, 5.41) is 2.77. The molecule has 0 aromatic heterocycles. The maximum Gasteiger partial charge on any atom is 0.417 e. The molecule has 1 atom stereocenters. The highest BCUT2D eigenvalue weighted by Gasteiger charge is 2.35. The Hall–Kier alpha value is -2.54. The van der Waals surface area contributed by atoms with E-state index in [4.69, 9.17) is 9.47 Å². The molecule has 7 heteroatoms. The van der Waals surface area contributed by atoms with Gasteiger partial charge in [0.15, 0.2) is 0 Å². The third-order valence-electron chi connectivity index (χ3n) is 4.41. The van der Waals surface area contributed by atoms with Crippen molar-refractivity contribution in [3.8, 4) is 16.9 Å². The predicted molar refractivity (Wildman–Crippen MR) is 94.5 cm³/mol. The highest BCUT2D eigenvalue weighted by atomic mass is 19.4. The van der Waals surface area contributed by atoms with Gasteiger partial charge in [-0.2, -0.15) is 13.2 Å². The number of benzene rings is 2. The van der Waals surface area contributed by atoms with Crippen LogP contribution in [-0.2, 0) is 22.1 Å². The summed E-state index contributed by atoms with van der Waals surface area (Å²) in [7, 11) is 1.52. The number of fused-ring (bicyclic) bond motifs is 1. The first-order valence-corrected chi connectivity index (χ1v) is 8.61. The molecule has 1 unspecified atom stereocenters. The molecule has 0 bridgehead atoms. The van der Waals surface area contributed by atoms with Gasteiger partial charge in [0.1, 0.15) is 11.9 Å². The summed E-state index contributed by atoms with van der Waals surface area (Å²) in [5.41, 5.74) is 0.638. The maximum atomic E-state index is 13.4. The molecule has 1 amide bonds. The minimum absolute atomic E-state index is 0.0895. The number of amides is 1. The van der Waals surface area contributed by atoms with Crippen molar-refractivity contribution in [2.24, 2.45) is 0 Å². The largest absolute Gasteiger partial charge is 0.487 e. The van der Waals surface area contributed by atoms with Crippen molar-refractivity contribution in [3.05, 3.63) is 53.6 Å². The quantitative estimate of drug-likeness (QED) is 0.830. The first kappa shape index (κ1) is 19.2. The van der Waals surface area contributed by atoms with Gasteiger partial charge in [0.25, 0.3) is 0 Å². The molecule has 1 aliphatic rings. The van der Waals surface area contributed by atoms with E-state index < -0.39 is 11.7 Å². The van der Waals surface area contributed by atoms with Gasteiger partial charge >= 0.3 is 6.18 Å². The molecule has 1 N–H and O–H groups in total. The Bertz CT molecular complexity index is 820. The summed E-state index contributed by atoms with van der Waals surface area (Å²) in [6.07, 6.45) is -3.99. The van der Waals surface area contributed by atoms with Crippen LogP contribution in [0.3, 0.4) is 0 Å². The Labute approximate surface area is 155 Å². The summed E-state index contributed by atoms with van der Waals surface area (Å²) in [6, 6.07) is 10.6. The second kappa shape index (κ2) is 8.00. The normalized spacial score (nSPS) is 15.9. The Morgan fingerprint density at radius 1 is 1.19 bits per heavy atom. The summed E-state index contributed by atoms with van der Waals surface area (Å²) in [5.74, 6) is 0.296. The van der Waals surface area contributed by atoms with Gasteiger partial charge in [0.05, 0.1) is 18.7 Å². The molecule has 2 aromatic carbocycles. The molecular weight excluding hydrogens is 359 g/mol. The molecule has 1 heterocycles. The minimum atomic E-state index is -4.45. The van der Waals surface area contributed by atoms with Crippen molar-refractivity contribution in [2.75, 3.05) is 20.3 Å². The lowest BCUT2D eigenvalue weighted by Gasteiger charge is -2.16. The molecule has 0 aliphatic carbocycles. The maximum absolute atomic E-state index is 13.4. The molecule has 27 heavy (non-hydrogen) atoms. The van der Waals surface area contributed by atoms with Crippen LogP contribution in [0.2, 0.25) is 0 Å². The second-order valence-corrected chi connectivity index (χ2v) is 6.33. The van der Waals surface area contributed by atoms with E-state index in [0.717, 1.165) is 11.6 Å². The highest BCUT2D eigenvalue weighted by Crippen LogP contribution is 2.43. The van der Waals surface area contributed by atoms with Crippen LogP contribution in [0.5, 0.6) is 5.75 Å². The van der Waals surface area contributed by atoms with Gasteiger partial charge < -0.3 is 14.8 Å². The number of rotatable bonds is 6. The first-order valence-electron chi connectivity index (χ1n) is 8.61.